The third-order valence-electron chi connectivity index (χ3n) is 3.30. The van der Waals surface area contributed by atoms with Crippen molar-refractivity contribution in [3.05, 3.63) is 12.7 Å². The van der Waals surface area contributed by atoms with Crippen LogP contribution in [-0.4, -0.2) is 46.4 Å². The minimum absolute atomic E-state index is 0.123. The van der Waals surface area contributed by atoms with Gasteiger partial charge < -0.3 is 24.6 Å². The van der Waals surface area contributed by atoms with E-state index in [1.54, 1.807) is 20.8 Å². The number of ether oxygens (including phenoxy) is 1. The Hall–Kier alpha value is -1.56. The summed E-state index contributed by atoms with van der Waals surface area (Å²) in [5.74, 6) is -2.52. The van der Waals surface area contributed by atoms with Gasteiger partial charge in [-0.15, -0.1) is 6.58 Å². The molecule has 114 valence electrons. The normalized spacial score (nSPS) is 27.0. The van der Waals surface area contributed by atoms with Gasteiger partial charge in [-0.25, -0.2) is 4.79 Å². The minimum Gasteiger partial charge on any atom is -0.550 e. The number of aliphatic hydroxyl groups is 1. The van der Waals surface area contributed by atoms with Gasteiger partial charge in [0.15, 0.2) is 0 Å². The molecule has 1 amide bonds. The van der Waals surface area contributed by atoms with E-state index in [0.29, 0.717) is 0 Å². The number of piperidine rings is 1. The van der Waals surface area contributed by atoms with Crippen LogP contribution in [0.1, 0.15) is 33.6 Å². The zero-order chi connectivity index (χ0) is 15.6. The van der Waals surface area contributed by atoms with Gasteiger partial charge in [0.2, 0.25) is 0 Å². The summed E-state index contributed by atoms with van der Waals surface area (Å²) in [6.07, 6.45) is 1.19. The van der Waals surface area contributed by atoms with Gasteiger partial charge in [0.25, 0.3) is 0 Å². The van der Waals surface area contributed by atoms with Crippen molar-refractivity contribution in [2.24, 2.45) is 5.92 Å². The lowest BCUT2D eigenvalue weighted by Crippen LogP contribution is -2.59. The molecular weight excluding hydrogens is 262 g/mol. The predicted molar refractivity (Wildman–Crippen MR) is 70.7 cm³/mol. The van der Waals surface area contributed by atoms with Gasteiger partial charge >= 0.3 is 6.09 Å². The fraction of sp³-hybridized carbons (Fsp3) is 0.714. The molecule has 20 heavy (non-hydrogen) atoms. The lowest BCUT2D eigenvalue weighted by molar-refractivity contribution is -0.319. The molecule has 1 N–H and O–H groups in total. The first-order valence-electron chi connectivity index (χ1n) is 6.61. The topological polar surface area (TPSA) is 89.9 Å². The summed E-state index contributed by atoms with van der Waals surface area (Å²) in [7, 11) is 0. The first-order chi connectivity index (χ1) is 9.09. The molecule has 0 spiro atoms. The van der Waals surface area contributed by atoms with Gasteiger partial charge in [0, 0.05) is 25.0 Å². The second kappa shape index (κ2) is 5.83. The highest BCUT2D eigenvalue weighted by molar-refractivity contribution is 5.73. The maximum atomic E-state index is 11.9. The van der Waals surface area contributed by atoms with Gasteiger partial charge in [-0.3, -0.25) is 0 Å². The average Bonchev–Trinajstić information content (AvgIpc) is 2.26. The van der Waals surface area contributed by atoms with E-state index in [4.69, 9.17) is 4.74 Å². The molecule has 1 saturated heterocycles. The van der Waals surface area contributed by atoms with Gasteiger partial charge in [0.1, 0.15) is 5.60 Å². The molecule has 0 aromatic carbocycles. The van der Waals surface area contributed by atoms with E-state index < -0.39 is 29.2 Å². The number of amides is 1. The first-order valence-corrected chi connectivity index (χ1v) is 6.61. The summed E-state index contributed by atoms with van der Waals surface area (Å²) in [5, 5.41) is 21.6. The molecule has 1 fully saturated rings. The smallest absolute Gasteiger partial charge is 0.410 e. The number of rotatable bonds is 3. The summed E-state index contributed by atoms with van der Waals surface area (Å²) in [6, 6.07) is 0. The van der Waals surface area contributed by atoms with Crippen molar-refractivity contribution >= 4 is 12.1 Å². The largest absolute Gasteiger partial charge is 0.550 e. The Morgan fingerprint density at radius 1 is 1.55 bits per heavy atom. The summed E-state index contributed by atoms with van der Waals surface area (Å²) < 4.78 is 5.21. The molecule has 0 saturated carbocycles. The lowest BCUT2D eigenvalue weighted by Gasteiger charge is -2.44. The molecule has 6 nitrogen and oxygen atoms in total. The third kappa shape index (κ3) is 3.96. The molecule has 6 heteroatoms. The minimum atomic E-state index is -1.42. The third-order valence-corrected chi connectivity index (χ3v) is 3.30. The van der Waals surface area contributed by atoms with Gasteiger partial charge in [-0.05, 0) is 33.6 Å². The highest BCUT2D eigenvalue weighted by atomic mass is 16.6. The summed E-state index contributed by atoms with van der Waals surface area (Å²) in [5.41, 5.74) is -2.07. The van der Waals surface area contributed by atoms with Crippen molar-refractivity contribution in [2.75, 3.05) is 13.1 Å². The SMILES string of the molecule is C=CCC1(O)CCN(C(=O)OC(C)(C)C)CC1C(=O)[O-]. The second-order valence-corrected chi connectivity index (χ2v) is 6.14. The van der Waals surface area contributed by atoms with Crippen molar-refractivity contribution in [3.8, 4) is 0 Å². The van der Waals surface area contributed by atoms with Crippen LogP contribution in [0.2, 0.25) is 0 Å². The number of carbonyl (C=O) groups is 2. The van der Waals surface area contributed by atoms with Gasteiger partial charge in [-0.2, -0.15) is 0 Å². The number of carboxylic acid groups (broad SMARTS) is 1. The van der Waals surface area contributed by atoms with E-state index in [2.05, 4.69) is 6.58 Å². The van der Waals surface area contributed by atoms with Crippen LogP contribution < -0.4 is 5.11 Å². The monoisotopic (exact) mass is 284 g/mol. The highest BCUT2D eigenvalue weighted by Gasteiger charge is 2.43. The van der Waals surface area contributed by atoms with Crippen molar-refractivity contribution in [1.29, 1.82) is 0 Å². The number of carbonyl (C=O) groups excluding carboxylic acids is 2. The molecular formula is C14H22NO5-. The Bertz CT molecular complexity index is 401. The summed E-state index contributed by atoms with van der Waals surface area (Å²) >= 11 is 0. The molecule has 1 aliphatic heterocycles. The van der Waals surface area contributed by atoms with Crippen LogP contribution in [0.15, 0.2) is 12.7 Å². The van der Waals surface area contributed by atoms with Crippen LogP contribution in [-0.2, 0) is 9.53 Å². The van der Waals surface area contributed by atoms with Gasteiger partial charge in [-0.1, -0.05) is 6.08 Å². The Morgan fingerprint density at radius 3 is 2.60 bits per heavy atom. The Balaban J connectivity index is 2.81. The highest BCUT2D eigenvalue weighted by Crippen LogP contribution is 2.32. The Labute approximate surface area is 119 Å². The molecule has 0 aliphatic carbocycles. The molecule has 2 unspecified atom stereocenters. The van der Waals surface area contributed by atoms with Crippen LogP contribution in [0.3, 0.4) is 0 Å². The zero-order valence-electron chi connectivity index (χ0n) is 12.2. The van der Waals surface area contributed by atoms with Crippen molar-refractivity contribution < 1.29 is 24.5 Å². The maximum Gasteiger partial charge on any atom is 0.410 e. The predicted octanol–water partition coefficient (Wildman–Crippen LogP) is 0.300. The molecule has 2 atom stereocenters. The van der Waals surface area contributed by atoms with Crippen molar-refractivity contribution in [3.63, 3.8) is 0 Å². The Morgan fingerprint density at radius 2 is 2.15 bits per heavy atom. The number of aliphatic carboxylic acids is 1. The summed E-state index contributed by atoms with van der Waals surface area (Å²) in [4.78, 5) is 24.4. The second-order valence-electron chi connectivity index (χ2n) is 6.14. The molecule has 1 rings (SSSR count). The van der Waals surface area contributed by atoms with Crippen LogP contribution in [0.5, 0.6) is 0 Å². The number of nitrogens with zero attached hydrogens (tertiary/aromatic N) is 1. The average molecular weight is 284 g/mol. The molecule has 0 aromatic heterocycles. The molecule has 0 radical (unpaired) electrons. The molecule has 1 heterocycles. The lowest BCUT2D eigenvalue weighted by atomic mass is 9.78. The fourth-order valence-electron chi connectivity index (χ4n) is 2.26. The van der Waals surface area contributed by atoms with Crippen LogP contribution in [0.25, 0.3) is 0 Å². The number of hydrogen-bond acceptors (Lipinski definition) is 5. The zero-order valence-corrected chi connectivity index (χ0v) is 12.2. The number of likely N-dealkylation sites (tertiary alicyclic amines) is 1. The number of hydrogen-bond donors (Lipinski definition) is 1. The Kier molecular flexibility index (Phi) is 4.81. The van der Waals surface area contributed by atoms with Crippen LogP contribution in [0, 0.1) is 5.92 Å². The van der Waals surface area contributed by atoms with Crippen LogP contribution >= 0.6 is 0 Å². The number of carboxylic acids is 1. The molecule has 0 aromatic rings. The quantitative estimate of drug-likeness (QED) is 0.753. The van der Waals surface area contributed by atoms with E-state index in [-0.39, 0.29) is 25.9 Å². The van der Waals surface area contributed by atoms with Gasteiger partial charge in [0.05, 0.1) is 5.60 Å². The van der Waals surface area contributed by atoms with E-state index in [0.717, 1.165) is 0 Å². The standard InChI is InChI=1S/C14H23NO5/c1-5-6-14(19)7-8-15(9-10(14)11(16)17)12(18)20-13(2,3)4/h5,10,19H,1,6-9H2,2-4H3,(H,16,17)/p-1. The fourth-order valence-corrected chi connectivity index (χ4v) is 2.26. The van der Waals surface area contributed by atoms with Crippen molar-refractivity contribution in [2.45, 2.75) is 44.8 Å². The maximum absolute atomic E-state index is 11.9. The van der Waals surface area contributed by atoms with Crippen LogP contribution in [0.4, 0.5) is 4.79 Å². The first kappa shape index (κ1) is 16.5. The summed E-state index contributed by atoms with van der Waals surface area (Å²) in [6.45, 7) is 8.84. The molecule has 1 aliphatic rings. The van der Waals surface area contributed by atoms with Crippen molar-refractivity contribution in [1.82, 2.24) is 4.90 Å². The molecule has 0 bridgehead atoms. The van der Waals surface area contributed by atoms with E-state index in [1.807, 2.05) is 0 Å². The van der Waals surface area contributed by atoms with E-state index in [1.165, 1.54) is 11.0 Å². The van der Waals surface area contributed by atoms with E-state index >= 15 is 0 Å². The van der Waals surface area contributed by atoms with E-state index in [9.17, 15) is 19.8 Å².